The van der Waals surface area contributed by atoms with Gasteiger partial charge in [0.1, 0.15) is 5.60 Å². The Hall–Kier alpha value is -3.49. The Morgan fingerprint density at radius 3 is 2.46 bits per heavy atom. The molecule has 0 amide bonds. The molecule has 8 heteroatoms. The van der Waals surface area contributed by atoms with E-state index in [1.165, 1.54) is 11.3 Å². The largest absolute Gasteiger partial charge is 0.384 e. The standard InChI is InChI=1S/C27H32N6O2/c1-27(2,35)24-11-10-21(19-29-24)33-23-9-6-13-28-25(23)32(26(33)34)14-12-20-7-4-5-8-22(20)31-17-15-30(3)16-18-31/h4-11,13,19,35H,12,14-18H2,1-3H3. The van der Waals surface area contributed by atoms with Crippen LogP contribution in [-0.4, -0.2) is 62.3 Å². The number of aliphatic hydroxyl groups is 1. The number of aryl methyl sites for hydroxylation is 2. The summed E-state index contributed by atoms with van der Waals surface area (Å²) in [5.74, 6) is 0. The SMILES string of the molecule is CN1CCN(c2ccccc2CCn2c(=O)n(-c3ccc(C(C)(C)O)nc3)c3cccnc32)CC1. The van der Waals surface area contributed by atoms with Crippen LogP contribution in [0.4, 0.5) is 5.69 Å². The fourth-order valence-electron chi connectivity index (χ4n) is 4.73. The van der Waals surface area contributed by atoms with Gasteiger partial charge >= 0.3 is 5.69 Å². The number of pyridine rings is 2. The third-order valence-corrected chi connectivity index (χ3v) is 6.76. The van der Waals surface area contributed by atoms with Crippen molar-refractivity contribution >= 4 is 16.9 Å². The lowest BCUT2D eigenvalue weighted by Gasteiger charge is -2.35. The molecule has 1 N–H and O–H groups in total. The molecule has 0 unspecified atom stereocenters. The summed E-state index contributed by atoms with van der Waals surface area (Å²) < 4.78 is 3.40. The van der Waals surface area contributed by atoms with Gasteiger partial charge in [0.2, 0.25) is 0 Å². The number of aromatic nitrogens is 4. The number of fused-ring (bicyclic) bond motifs is 1. The fraction of sp³-hybridized carbons (Fsp3) is 0.370. The van der Waals surface area contributed by atoms with Crippen molar-refractivity contribution in [3.8, 4) is 5.69 Å². The molecule has 1 fully saturated rings. The summed E-state index contributed by atoms with van der Waals surface area (Å²) >= 11 is 0. The zero-order valence-corrected chi connectivity index (χ0v) is 20.6. The van der Waals surface area contributed by atoms with Gasteiger partial charge in [-0.1, -0.05) is 18.2 Å². The Labute approximate surface area is 205 Å². The first kappa shape index (κ1) is 23.3. The second kappa shape index (κ2) is 9.28. The summed E-state index contributed by atoms with van der Waals surface area (Å²) in [5.41, 5.74) is 3.89. The Kier molecular flexibility index (Phi) is 6.17. The molecule has 35 heavy (non-hydrogen) atoms. The number of piperazine rings is 1. The average molecular weight is 473 g/mol. The van der Waals surface area contributed by atoms with Crippen molar-refractivity contribution in [1.29, 1.82) is 0 Å². The molecular formula is C27H32N6O2. The number of hydrogen-bond acceptors (Lipinski definition) is 6. The lowest BCUT2D eigenvalue weighted by molar-refractivity contribution is 0.0738. The fourth-order valence-corrected chi connectivity index (χ4v) is 4.73. The summed E-state index contributed by atoms with van der Waals surface area (Å²) in [6, 6.07) is 15.8. The van der Waals surface area contributed by atoms with Crippen molar-refractivity contribution in [2.45, 2.75) is 32.4 Å². The van der Waals surface area contributed by atoms with Crippen molar-refractivity contribution in [1.82, 2.24) is 24.0 Å². The molecule has 1 aromatic carbocycles. The highest BCUT2D eigenvalue weighted by Crippen LogP contribution is 2.24. The number of nitrogens with zero attached hydrogens (tertiary/aromatic N) is 6. The number of rotatable bonds is 6. The monoisotopic (exact) mass is 472 g/mol. The molecular weight excluding hydrogens is 440 g/mol. The van der Waals surface area contributed by atoms with E-state index in [-0.39, 0.29) is 5.69 Å². The van der Waals surface area contributed by atoms with Crippen LogP contribution in [0.15, 0.2) is 65.7 Å². The van der Waals surface area contributed by atoms with Gasteiger partial charge in [0.15, 0.2) is 5.65 Å². The smallest absolute Gasteiger partial charge is 0.335 e. The molecule has 3 aromatic heterocycles. The van der Waals surface area contributed by atoms with Gasteiger partial charge in [-0.3, -0.25) is 14.1 Å². The number of benzene rings is 1. The minimum Gasteiger partial charge on any atom is -0.384 e. The Morgan fingerprint density at radius 1 is 0.971 bits per heavy atom. The van der Waals surface area contributed by atoms with Crippen LogP contribution in [0.3, 0.4) is 0 Å². The molecule has 182 valence electrons. The summed E-state index contributed by atoms with van der Waals surface area (Å²) in [6.45, 7) is 8.01. The van der Waals surface area contributed by atoms with Crippen LogP contribution in [0.2, 0.25) is 0 Å². The maximum atomic E-state index is 13.6. The highest BCUT2D eigenvalue weighted by atomic mass is 16.3. The van der Waals surface area contributed by atoms with Crippen LogP contribution in [0.1, 0.15) is 25.1 Å². The van der Waals surface area contributed by atoms with Crippen molar-refractivity contribution in [3.05, 3.63) is 82.7 Å². The highest BCUT2D eigenvalue weighted by molar-refractivity contribution is 5.73. The molecule has 8 nitrogen and oxygen atoms in total. The van der Waals surface area contributed by atoms with Gasteiger partial charge < -0.3 is 14.9 Å². The van der Waals surface area contributed by atoms with Crippen LogP contribution in [0.25, 0.3) is 16.9 Å². The van der Waals surface area contributed by atoms with E-state index in [1.807, 2.05) is 18.2 Å². The van der Waals surface area contributed by atoms with Crippen molar-refractivity contribution in [2.24, 2.45) is 0 Å². The van der Waals surface area contributed by atoms with E-state index in [9.17, 15) is 9.90 Å². The van der Waals surface area contributed by atoms with Gasteiger partial charge in [-0.15, -0.1) is 0 Å². The van der Waals surface area contributed by atoms with Crippen LogP contribution in [-0.2, 0) is 18.6 Å². The zero-order valence-electron chi connectivity index (χ0n) is 20.6. The molecule has 0 bridgehead atoms. The Morgan fingerprint density at radius 2 is 1.74 bits per heavy atom. The third kappa shape index (κ3) is 4.59. The number of hydrogen-bond donors (Lipinski definition) is 1. The predicted molar refractivity (Wildman–Crippen MR) is 138 cm³/mol. The lowest BCUT2D eigenvalue weighted by atomic mass is 10.1. The topological polar surface area (TPSA) is 79.4 Å². The van der Waals surface area contributed by atoms with E-state index in [0.29, 0.717) is 23.6 Å². The van der Waals surface area contributed by atoms with E-state index in [4.69, 9.17) is 0 Å². The maximum absolute atomic E-state index is 13.6. The quantitative estimate of drug-likeness (QED) is 0.465. The molecule has 1 aliphatic rings. The van der Waals surface area contributed by atoms with Gasteiger partial charge in [0.25, 0.3) is 0 Å². The molecule has 1 aliphatic heterocycles. The van der Waals surface area contributed by atoms with E-state index in [1.54, 1.807) is 41.4 Å². The molecule has 4 aromatic rings. The first-order chi connectivity index (χ1) is 16.8. The predicted octanol–water partition coefficient (Wildman–Crippen LogP) is 2.80. The summed E-state index contributed by atoms with van der Waals surface area (Å²) in [6.07, 6.45) is 4.08. The summed E-state index contributed by atoms with van der Waals surface area (Å²) in [5, 5.41) is 10.2. The van der Waals surface area contributed by atoms with E-state index in [2.05, 4.69) is 51.1 Å². The second-order valence-electron chi connectivity index (χ2n) is 9.75. The Balaban J connectivity index is 1.47. The highest BCUT2D eigenvalue weighted by Gasteiger charge is 2.21. The van der Waals surface area contributed by atoms with Gasteiger partial charge in [-0.25, -0.2) is 9.78 Å². The van der Waals surface area contributed by atoms with Crippen molar-refractivity contribution < 1.29 is 5.11 Å². The van der Waals surface area contributed by atoms with Crippen LogP contribution >= 0.6 is 0 Å². The third-order valence-electron chi connectivity index (χ3n) is 6.76. The average Bonchev–Trinajstić information content (AvgIpc) is 3.14. The minimum absolute atomic E-state index is 0.145. The van der Waals surface area contributed by atoms with Crippen molar-refractivity contribution in [3.63, 3.8) is 0 Å². The van der Waals surface area contributed by atoms with Gasteiger partial charge in [-0.05, 0) is 63.2 Å². The van der Waals surface area contributed by atoms with E-state index < -0.39 is 5.60 Å². The lowest BCUT2D eigenvalue weighted by Crippen LogP contribution is -2.44. The minimum atomic E-state index is -1.05. The number of anilines is 1. The Bertz CT molecular complexity index is 1380. The maximum Gasteiger partial charge on any atom is 0.335 e. The molecule has 0 atom stereocenters. The van der Waals surface area contributed by atoms with Crippen LogP contribution in [0.5, 0.6) is 0 Å². The molecule has 4 heterocycles. The van der Waals surface area contributed by atoms with Crippen molar-refractivity contribution in [2.75, 3.05) is 38.1 Å². The number of imidazole rings is 1. The van der Waals surface area contributed by atoms with Gasteiger partial charge in [0.05, 0.1) is 23.1 Å². The molecule has 5 rings (SSSR count). The number of para-hydroxylation sites is 1. The second-order valence-corrected chi connectivity index (χ2v) is 9.75. The van der Waals surface area contributed by atoms with Gasteiger partial charge in [0, 0.05) is 44.6 Å². The molecule has 0 saturated carbocycles. The normalized spacial score (nSPS) is 15.1. The summed E-state index contributed by atoms with van der Waals surface area (Å²) in [4.78, 5) is 27.3. The van der Waals surface area contributed by atoms with Crippen LogP contribution in [0, 0.1) is 0 Å². The first-order valence-electron chi connectivity index (χ1n) is 12.1. The molecule has 0 radical (unpaired) electrons. The van der Waals surface area contributed by atoms with Gasteiger partial charge in [-0.2, -0.15) is 0 Å². The molecule has 0 spiro atoms. The van der Waals surface area contributed by atoms with Crippen LogP contribution < -0.4 is 10.6 Å². The van der Waals surface area contributed by atoms with E-state index in [0.717, 1.165) is 38.1 Å². The number of likely N-dealkylation sites (N-methyl/N-ethyl adjacent to an activating group) is 1. The summed E-state index contributed by atoms with van der Waals surface area (Å²) in [7, 11) is 2.16. The molecule has 0 aliphatic carbocycles. The van der Waals surface area contributed by atoms with E-state index >= 15 is 0 Å². The molecule has 1 saturated heterocycles. The first-order valence-corrected chi connectivity index (χ1v) is 12.1. The zero-order chi connectivity index (χ0) is 24.6.